The van der Waals surface area contributed by atoms with Gasteiger partial charge in [-0.25, -0.2) is 8.42 Å². The summed E-state index contributed by atoms with van der Waals surface area (Å²) in [6.45, 7) is 2.73. The van der Waals surface area contributed by atoms with Gasteiger partial charge in [0, 0.05) is 24.3 Å². The molecule has 0 radical (unpaired) electrons. The summed E-state index contributed by atoms with van der Waals surface area (Å²) in [5.41, 5.74) is 4.33. The van der Waals surface area contributed by atoms with E-state index in [1.807, 2.05) is 48.2 Å². The Bertz CT molecular complexity index is 981. The topological polar surface area (TPSA) is 66.5 Å². The van der Waals surface area contributed by atoms with Crippen LogP contribution in [0.2, 0.25) is 0 Å². The maximum atomic E-state index is 12.5. The van der Waals surface area contributed by atoms with Gasteiger partial charge >= 0.3 is 0 Å². The Labute approximate surface area is 160 Å². The molecule has 1 saturated carbocycles. The van der Waals surface area contributed by atoms with E-state index in [1.54, 1.807) is 6.07 Å². The van der Waals surface area contributed by atoms with Gasteiger partial charge in [-0.05, 0) is 61.4 Å². The molecule has 1 aliphatic carbocycles. The number of carbonyl (C=O) groups is 1. The molecular formula is C21H24N2O3S. The molecule has 142 valence electrons. The van der Waals surface area contributed by atoms with Gasteiger partial charge in [-0.3, -0.25) is 9.52 Å². The van der Waals surface area contributed by atoms with Crippen molar-refractivity contribution in [2.75, 3.05) is 16.2 Å². The van der Waals surface area contributed by atoms with Gasteiger partial charge < -0.3 is 4.90 Å². The summed E-state index contributed by atoms with van der Waals surface area (Å²) in [7, 11) is -3.49. The van der Waals surface area contributed by atoms with Crippen molar-refractivity contribution in [3.8, 4) is 0 Å². The third-order valence-electron chi connectivity index (χ3n) is 5.13. The second kappa shape index (κ2) is 7.00. The van der Waals surface area contributed by atoms with E-state index in [-0.39, 0.29) is 11.7 Å². The van der Waals surface area contributed by atoms with Crippen LogP contribution in [0.1, 0.15) is 36.0 Å². The first kappa shape index (κ1) is 18.0. The maximum absolute atomic E-state index is 12.5. The van der Waals surface area contributed by atoms with E-state index in [9.17, 15) is 13.2 Å². The Morgan fingerprint density at radius 3 is 2.67 bits per heavy atom. The molecule has 0 spiro atoms. The van der Waals surface area contributed by atoms with Gasteiger partial charge in [-0.15, -0.1) is 0 Å². The second-order valence-electron chi connectivity index (χ2n) is 7.64. The van der Waals surface area contributed by atoms with Gasteiger partial charge in [0.15, 0.2) is 0 Å². The number of benzene rings is 2. The molecule has 5 nitrogen and oxygen atoms in total. The molecule has 1 N–H and O–H groups in total. The van der Waals surface area contributed by atoms with Crippen LogP contribution >= 0.6 is 0 Å². The number of sulfonamides is 1. The highest BCUT2D eigenvalue weighted by Crippen LogP contribution is 2.36. The number of fused-ring (bicyclic) bond motifs is 1. The Kier molecular flexibility index (Phi) is 4.68. The average Bonchev–Trinajstić information content (AvgIpc) is 3.41. The van der Waals surface area contributed by atoms with Crippen molar-refractivity contribution in [3.05, 3.63) is 59.2 Å². The summed E-state index contributed by atoms with van der Waals surface area (Å²) in [5.74, 6) is 0.729. The zero-order valence-electron chi connectivity index (χ0n) is 15.4. The van der Waals surface area contributed by atoms with Crippen LogP contribution in [0.25, 0.3) is 0 Å². The van der Waals surface area contributed by atoms with Crippen LogP contribution in [0.5, 0.6) is 0 Å². The highest BCUT2D eigenvalue weighted by atomic mass is 32.2. The molecule has 1 fully saturated rings. The Hall–Kier alpha value is -2.34. The molecule has 1 heterocycles. The summed E-state index contributed by atoms with van der Waals surface area (Å²) in [6, 6.07) is 13.0. The summed E-state index contributed by atoms with van der Waals surface area (Å²) < 4.78 is 27.8. The van der Waals surface area contributed by atoms with Crippen LogP contribution < -0.4 is 9.62 Å². The lowest BCUT2D eigenvalue weighted by atomic mass is 10.00. The summed E-state index contributed by atoms with van der Waals surface area (Å²) in [5, 5.41) is 0. The molecule has 2 aromatic rings. The lowest BCUT2D eigenvalue weighted by Crippen LogP contribution is -2.36. The van der Waals surface area contributed by atoms with Crippen LogP contribution in [-0.4, -0.2) is 20.9 Å². The molecule has 6 heteroatoms. The highest BCUT2D eigenvalue weighted by molar-refractivity contribution is 7.91. The van der Waals surface area contributed by atoms with Crippen LogP contribution in [0, 0.1) is 12.8 Å². The Morgan fingerprint density at radius 2 is 1.93 bits per heavy atom. The molecular weight excluding hydrogens is 360 g/mol. The van der Waals surface area contributed by atoms with Crippen LogP contribution in [0.3, 0.4) is 0 Å². The van der Waals surface area contributed by atoms with Crippen LogP contribution in [0.15, 0.2) is 42.5 Å². The van der Waals surface area contributed by atoms with E-state index in [2.05, 4.69) is 4.72 Å². The minimum atomic E-state index is -3.49. The quantitative estimate of drug-likeness (QED) is 0.827. The fraction of sp³-hybridized carbons (Fsp3) is 0.381. The molecule has 4 rings (SSSR count). The number of hydrogen-bond donors (Lipinski definition) is 1. The normalized spacial score (nSPS) is 16.9. The Balaban J connectivity index is 1.52. The van der Waals surface area contributed by atoms with Gasteiger partial charge in [0.1, 0.15) is 0 Å². The third-order valence-corrected chi connectivity index (χ3v) is 6.39. The molecule has 2 aliphatic rings. The maximum Gasteiger partial charge on any atom is 0.236 e. The minimum absolute atomic E-state index is 0.0575. The third kappa shape index (κ3) is 4.33. The highest BCUT2D eigenvalue weighted by Gasteiger charge is 2.31. The van der Waals surface area contributed by atoms with Gasteiger partial charge in [-0.2, -0.15) is 0 Å². The lowest BCUT2D eigenvalue weighted by molar-refractivity contribution is -0.118. The zero-order chi connectivity index (χ0) is 19.0. The molecule has 0 aromatic heterocycles. The van der Waals surface area contributed by atoms with Crippen molar-refractivity contribution in [2.24, 2.45) is 5.92 Å². The fourth-order valence-corrected chi connectivity index (χ4v) is 4.80. The number of hydrogen-bond acceptors (Lipinski definition) is 3. The number of carbonyl (C=O) groups excluding carboxylic acids is 1. The van der Waals surface area contributed by atoms with Gasteiger partial charge in [-0.1, -0.05) is 29.8 Å². The van der Waals surface area contributed by atoms with Gasteiger partial charge in [0.2, 0.25) is 15.9 Å². The van der Waals surface area contributed by atoms with Crippen molar-refractivity contribution in [1.29, 1.82) is 0 Å². The predicted octanol–water partition coefficient (Wildman–Crippen LogP) is 3.63. The monoisotopic (exact) mass is 384 g/mol. The number of nitrogens with zero attached hydrogens (tertiary/aromatic N) is 1. The van der Waals surface area contributed by atoms with Crippen molar-refractivity contribution in [3.63, 3.8) is 0 Å². The van der Waals surface area contributed by atoms with E-state index in [0.717, 1.165) is 28.9 Å². The zero-order valence-corrected chi connectivity index (χ0v) is 16.3. The summed E-state index contributed by atoms with van der Waals surface area (Å²) >= 11 is 0. The first-order valence-corrected chi connectivity index (χ1v) is 11.0. The molecule has 27 heavy (non-hydrogen) atoms. The van der Waals surface area contributed by atoms with E-state index in [4.69, 9.17) is 0 Å². The number of amides is 1. The number of rotatable bonds is 6. The first-order chi connectivity index (χ1) is 12.9. The number of aryl methyl sites for hydroxylation is 2. The van der Waals surface area contributed by atoms with Crippen LogP contribution in [0.4, 0.5) is 11.4 Å². The van der Waals surface area contributed by atoms with Crippen molar-refractivity contribution < 1.29 is 13.2 Å². The fourth-order valence-electron chi connectivity index (χ4n) is 3.62. The SMILES string of the molecule is Cc1cccc(CS(=O)(=O)Nc2ccc3c(c2)CCC(=O)N3CC2CC2)c1. The first-order valence-electron chi connectivity index (χ1n) is 9.39. The van der Waals surface area contributed by atoms with Crippen molar-refractivity contribution in [1.82, 2.24) is 0 Å². The molecule has 0 unspecified atom stereocenters. The molecule has 1 aliphatic heterocycles. The molecule has 1 amide bonds. The van der Waals surface area contributed by atoms with Crippen molar-refractivity contribution >= 4 is 27.3 Å². The van der Waals surface area contributed by atoms with E-state index < -0.39 is 10.0 Å². The van der Waals surface area contributed by atoms with E-state index in [1.165, 1.54) is 12.8 Å². The summed E-state index contributed by atoms with van der Waals surface area (Å²) in [6.07, 6.45) is 3.52. The lowest BCUT2D eigenvalue weighted by Gasteiger charge is -2.30. The number of anilines is 2. The smallest absolute Gasteiger partial charge is 0.236 e. The number of nitrogens with one attached hydrogen (secondary N) is 1. The molecule has 2 aromatic carbocycles. The standard InChI is InChI=1S/C21H24N2O3S/c1-15-3-2-4-17(11-15)14-27(25,26)22-19-8-9-20-18(12-19)7-10-21(24)23(20)13-16-5-6-16/h2-4,8-9,11-12,16,22H,5-7,10,13-14H2,1H3. The predicted molar refractivity (Wildman–Crippen MR) is 107 cm³/mol. The van der Waals surface area contributed by atoms with Gasteiger partial charge in [0.25, 0.3) is 0 Å². The largest absolute Gasteiger partial charge is 0.312 e. The minimum Gasteiger partial charge on any atom is -0.312 e. The molecule has 0 atom stereocenters. The Morgan fingerprint density at radius 1 is 1.11 bits per heavy atom. The molecule has 0 saturated heterocycles. The molecule has 0 bridgehead atoms. The average molecular weight is 385 g/mol. The van der Waals surface area contributed by atoms with E-state index in [0.29, 0.717) is 24.4 Å². The second-order valence-corrected chi connectivity index (χ2v) is 9.36. The van der Waals surface area contributed by atoms with Crippen LogP contribution in [-0.2, 0) is 27.0 Å². The summed E-state index contributed by atoms with van der Waals surface area (Å²) in [4.78, 5) is 14.2. The van der Waals surface area contributed by atoms with E-state index >= 15 is 0 Å². The van der Waals surface area contributed by atoms with Crippen molar-refractivity contribution in [2.45, 2.75) is 38.4 Å². The van der Waals surface area contributed by atoms with Gasteiger partial charge in [0.05, 0.1) is 5.75 Å².